The fourth-order valence-corrected chi connectivity index (χ4v) is 3.61. The van der Waals surface area contributed by atoms with Crippen molar-refractivity contribution in [2.24, 2.45) is 0 Å². The molecule has 1 atom stereocenters. The highest BCUT2D eigenvalue weighted by atomic mass is 32.2. The standard InChI is InChI=1S/C15H26N2O2S/c1-5-11-16-12-14-9-7-8-10-15(14)20(18,19)17(4)13(3)6-2/h7-10,13,16H,5-6,11-12H2,1-4H3. The Hall–Kier alpha value is -0.910. The second kappa shape index (κ2) is 7.76. The topological polar surface area (TPSA) is 49.4 Å². The van der Waals surface area contributed by atoms with E-state index in [4.69, 9.17) is 0 Å². The number of sulfonamides is 1. The average Bonchev–Trinajstić information content (AvgIpc) is 2.46. The first-order chi connectivity index (χ1) is 9.45. The molecule has 114 valence electrons. The Morgan fingerprint density at radius 1 is 1.25 bits per heavy atom. The number of benzene rings is 1. The average molecular weight is 298 g/mol. The van der Waals surface area contributed by atoms with E-state index in [1.165, 1.54) is 4.31 Å². The molecular weight excluding hydrogens is 272 g/mol. The molecule has 1 N–H and O–H groups in total. The maximum absolute atomic E-state index is 12.7. The maximum Gasteiger partial charge on any atom is 0.243 e. The largest absolute Gasteiger partial charge is 0.313 e. The van der Waals surface area contributed by atoms with Crippen LogP contribution in [0, 0.1) is 0 Å². The number of nitrogens with one attached hydrogen (secondary N) is 1. The molecule has 0 spiro atoms. The van der Waals surface area contributed by atoms with Gasteiger partial charge in [-0.3, -0.25) is 0 Å². The van der Waals surface area contributed by atoms with Gasteiger partial charge in [-0.2, -0.15) is 4.31 Å². The minimum absolute atomic E-state index is 0.00310. The quantitative estimate of drug-likeness (QED) is 0.751. The minimum atomic E-state index is -3.42. The summed E-state index contributed by atoms with van der Waals surface area (Å²) in [7, 11) is -1.77. The van der Waals surface area contributed by atoms with Crippen LogP contribution in [0.5, 0.6) is 0 Å². The highest BCUT2D eigenvalue weighted by molar-refractivity contribution is 7.89. The molecule has 0 fully saturated rings. The molecule has 0 heterocycles. The second-order valence-electron chi connectivity index (χ2n) is 5.06. The van der Waals surface area contributed by atoms with Crippen LogP contribution in [0.25, 0.3) is 0 Å². The Morgan fingerprint density at radius 2 is 1.90 bits per heavy atom. The first-order valence-corrected chi connectivity index (χ1v) is 8.65. The van der Waals surface area contributed by atoms with Gasteiger partial charge in [0.2, 0.25) is 10.0 Å². The van der Waals surface area contributed by atoms with Crippen molar-refractivity contribution >= 4 is 10.0 Å². The fourth-order valence-electron chi connectivity index (χ4n) is 1.95. The van der Waals surface area contributed by atoms with E-state index in [0.29, 0.717) is 11.4 Å². The van der Waals surface area contributed by atoms with Crippen LogP contribution in [0.3, 0.4) is 0 Å². The Bertz CT molecular complexity index is 514. The molecule has 0 aliphatic heterocycles. The highest BCUT2D eigenvalue weighted by Crippen LogP contribution is 2.21. The van der Waals surface area contributed by atoms with Crippen LogP contribution in [-0.4, -0.2) is 32.4 Å². The van der Waals surface area contributed by atoms with Gasteiger partial charge in [-0.15, -0.1) is 0 Å². The third-order valence-corrected chi connectivity index (χ3v) is 5.66. The van der Waals surface area contributed by atoms with Gasteiger partial charge in [0.1, 0.15) is 0 Å². The van der Waals surface area contributed by atoms with Crippen molar-refractivity contribution in [3.63, 3.8) is 0 Å². The minimum Gasteiger partial charge on any atom is -0.313 e. The summed E-state index contributed by atoms with van der Waals surface area (Å²) in [4.78, 5) is 0.409. The van der Waals surface area contributed by atoms with Crippen LogP contribution < -0.4 is 5.32 Å². The molecule has 0 bridgehead atoms. The zero-order valence-corrected chi connectivity index (χ0v) is 13.7. The summed E-state index contributed by atoms with van der Waals surface area (Å²) in [5.41, 5.74) is 0.830. The Labute approximate surface area is 123 Å². The first kappa shape index (κ1) is 17.1. The molecule has 0 aromatic heterocycles. The molecule has 1 rings (SSSR count). The molecule has 0 amide bonds. The molecule has 5 heteroatoms. The van der Waals surface area contributed by atoms with E-state index < -0.39 is 10.0 Å². The van der Waals surface area contributed by atoms with Crippen molar-refractivity contribution in [2.75, 3.05) is 13.6 Å². The van der Waals surface area contributed by atoms with Crippen molar-refractivity contribution in [3.05, 3.63) is 29.8 Å². The van der Waals surface area contributed by atoms with Gasteiger partial charge in [0.15, 0.2) is 0 Å². The molecule has 0 aliphatic carbocycles. The van der Waals surface area contributed by atoms with Crippen LogP contribution in [0.15, 0.2) is 29.2 Å². The van der Waals surface area contributed by atoms with Crippen molar-refractivity contribution in [2.45, 2.75) is 51.1 Å². The van der Waals surface area contributed by atoms with E-state index in [0.717, 1.165) is 24.9 Å². The lowest BCUT2D eigenvalue weighted by atomic mass is 10.2. The van der Waals surface area contributed by atoms with E-state index in [1.54, 1.807) is 19.2 Å². The van der Waals surface area contributed by atoms with E-state index in [-0.39, 0.29) is 6.04 Å². The van der Waals surface area contributed by atoms with E-state index in [1.807, 2.05) is 26.0 Å². The molecule has 0 aliphatic rings. The summed E-state index contributed by atoms with van der Waals surface area (Å²) >= 11 is 0. The van der Waals surface area contributed by atoms with E-state index in [2.05, 4.69) is 12.2 Å². The van der Waals surface area contributed by atoms with Gasteiger partial charge in [0.25, 0.3) is 0 Å². The molecule has 1 unspecified atom stereocenters. The van der Waals surface area contributed by atoms with Gasteiger partial charge in [-0.25, -0.2) is 8.42 Å². The lowest BCUT2D eigenvalue weighted by molar-refractivity contribution is 0.380. The zero-order chi connectivity index (χ0) is 15.2. The summed E-state index contributed by atoms with van der Waals surface area (Å²) < 4.78 is 26.8. The van der Waals surface area contributed by atoms with Gasteiger partial charge < -0.3 is 5.32 Å². The van der Waals surface area contributed by atoms with Crippen molar-refractivity contribution in [1.29, 1.82) is 0 Å². The van der Waals surface area contributed by atoms with Crippen LogP contribution in [0.4, 0.5) is 0 Å². The molecule has 4 nitrogen and oxygen atoms in total. The van der Waals surface area contributed by atoms with Crippen molar-refractivity contribution in [3.8, 4) is 0 Å². The first-order valence-electron chi connectivity index (χ1n) is 7.21. The number of nitrogens with zero attached hydrogens (tertiary/aromatic N) is 1. The molecule has 0 radical (unpaired) electrons. The SMILES string of the molecule is CCCNCc1ccccc1S(=O)(=O)N(C)C(C)CC. The maximum atomic E-state index is 12.7. The van der Waals surface area contributed by atoms with Crippen molar-refractivity contribution < 1.29 is 8.42 Å². The predicted octanol–water partition coefficient (Wildman–Crippen LogP) is 2.61. The molecule has 1 aromatic carbocycles. The smallest absolute Gasteiger partial charge is 0.243 e. The number of hydrogen-bond donors (Lipinski definition) is 1. The second-order valence-corrected chi connectivity index (χ2v) is 7.03. The summed E-state index contributed by atoms with van der Waals surface area (Å²) in [6, 6.07) is 7.22. The highest BCUT2D eigenvalue weighted by Gasteiger charge is 2.26. The van der Waals surface area contributed by atoms with Gasteiger partial charge in [0, 0.05) is 19.6 Å². The molecular formula is C15H26N2O2S. The Kier molecular flexibility index (Phi) is 6.65. The molecule has 1 aromatic rings. The van der Waals surface area contributed by atoms with Gasteiger partial charge >= 0.3 is 0 Å². The summed E-state index contributed by atoms with van der Waals surface area (Å²) in [6.07, 6.45) is 1.83. The Balaban J connectivity index is 3.05. The van der Waals surface area contributed by atoms with Crippen molar-refractivity contribution in [1.82, 2.24) is 9.62 Å². The lowest BCUT2D eigenvalue weighted by Crippen LogP contribution is -2.35. The predicted molar refractivity (Wildman–Crippen MR) is 83.1 cm³/mol. The third kappa shape index (κ3) is 4.04. The fraction of sp³-hybridized carbons (Fsp3) is 0.600. The van der Waals surface area contributed by atoms with Crippen LogP contribution in [0.2, 0.25) is 0 Å². The summed E-state index contributed by atoms with van der Waals surface area (Å²) in [5.74, 6) is 0. The van der Waals surface area contributed by atoms with Gasteiger partial charge in [-0.1, -0.05) is 32.0 Å². The van der Waals surface area contributed by atoms with Gasteiger partial charge in [-0.05, 0) is 37.9 Å². The summed E-state index contributed by atoms with van der Waals surface area (Å²) in [5, 5.41) is 3.26. The lowest BCUT2D eigenvalue weighted by Gasteiger charge is -2.24. The van der Waals surface area contributed by atoms with Crippen LogP contribution in [-0.2, 0) is 16.6 Å². The van der Waals surface area contributed by atoms with Gasteiger partial charge in [0.05, 0.1) is 4.90 Å². The zero-order valence-electron chi connectivity index (χ0n) is 12.9. The molecule has 20 heavy (non-hydrogen) atoms. The summed E-state index contributed by atoms with van der Waals surface area (Å²) in [6.45, 7) is 7.47. The van der Waals surface area contributed by atoms with E-state index in [9.17, 15) is 8.42 Å². The number of hydrogen-bond acceptors (Lipinski definition) is 3. The third-order valence-electron chi connectivity index (χ3n) is 3.58. The van der Waals surface area contributed by atoms with Crippen LogP contribution in [0.1, 0.15) is 39.2 Å². The van der Waals surface area contributed by atoms with E-state index >= 15 is 0 Å². The Morgan fingerprint density at radius 3 is 2.50 bits per heavy atom. The van der Waals surface area contributed by atoms with Crippen LogP contribution >= 0.6 is 0 Å². The molecule has 0 saturated heterocycles. The monoisotopic (exact) mass is 298 g/mol. The normalized spacial score (nSPS) is 13.7. The molecule has 0 saturated carbocycles. The number of rotatable bonds is 8.